The first-order valence-electron chi connectivity index (χ1n) is 8.26. The van der Waals surface area contributed by atoms with E-state index >= 15 is 0 Å². The first-order valence-corrected chi connectivity index (χ1v) is 9.86. The number of Topliss-reactive ketones (excluding diaryl/α,β-unsaturated/α-hetero) is 1. The van der Waals surface area contributed by atoms with Crippen molar-refractivity contribution in [2.75, 3.05) is 11.8 Å². The van der Waals surface area contributed by atoms with Gasteiger partial charge in [-0.3, -0.25) is 9.59 Å². The van der Waals surface area contributed by atoms with E-state index in [0.717, 1.165) is 6.07 Å². The highest BCUT2D eigenvalue weighted by molar-refractivity contribution is 6.35. The van der Waals surface area contributed by atoms with E-state index < -0.39 is 11.7 Å². The first kappa shape index (κ1) is 28.5. The molecule has 0 saturated carbocycles. The lowest BCUT2D eigenvalue weighted by molar-refractivity contribution is -0.114. The number of carbonyl (C=O) groups excluding carboxylic acids is 2. The second-order valence-electron chi connectivity index (χ2n) is 5.47. The highest BCUT2D eigenvalue weighted by atomic mass is 35.5. The number of halogens is 5. The van der Waals surface area contributed by atoms with E-state index in [2.05, 4.69) is 4.98 Å². The molecule has 3 aromatic rings. The Kier molecular flexibility index (Phi) is 14.1. The molecule has 2 aromatic carbocycles. The van der Waals surface area contributed by atoms with Crippen LogP contribution in [-0.4, -0.2) is 28.4 Å². The average Bonchev–Trinajstić information content (AvgIpc) is 3.23. The van der Waals surface area contributed by atoms with Gasteiger partial charge >= 0.3 is 0 Å². The number of nitrogens with two attached hydrogens (primary N) is 1. The third kappa shape index (κ3) is 10.9. The molecule has 3 rings (SSSR count). The van der Waals surface area contributed by atoms with E-state index in [1.165, 1.54) is 36.6 Å². The second-order valence-corrected chi connectivity index (χ2v) is 6.27. The van der Waals surface area contributed by atoms with Gasteiger partial charge in [-0.05, 0) is 36.4 Å². The van der Waals surface area contributed by atoms with Gasteiger partial charge in [-0.15, -0.1) is 34.8 Å². The molecule has 31 heavy (non-hydrogen) atoms. The molecule has 5 nitrogen and oxygen atoms in total. The van der Waals surface area contributed by atoms with Gasteiger partial charge in [-0.1, -0.05) is 19.6 Å². The fraction of sp³-hybridized carbons (Fsp3) is 0.190. The lowest BCUT2D eigenvalue weighted by atomic mass is 10.2. The van der Waals surface area contributed by atoms with E-state index in [1.54, 1.807) is 12.1 Å². The third-order valence-electron chi connectivity index (χ3n) is 3.17. The maximum atomic E-state index is 12.8. The number of nitrogens with zero attached hydrogens (tertiary/aromatic N) is 1. The van der Waals surface area contributed by atoms with Crippen LogP contribution in [0.25, 0.3) is 11.5 Å². The molecule has 0 bridgehead atoms. The van der Waals surface area contributed by atoms with Crippen LogP contribution in [-0.2, 0) is 10.7 Å². The van der Waals surface area contributed by atoms with Crippen molar-refractivity contribution < 1.29 is 22.8 Å². The Morgan fingerprint density at radius 1 is 0.968 bits per heavy atom. The monoisotopic (exact) mass is 492 g/mol. The zero-order valence-corrected chi connectivity index (χ0v) is 17.7. The quantitative estimate of drug-likeness (QED) is 0.454. The smallest absolute Gasteiger partial charge is 0.248 e. The van der Waals surface area contributed by atoms with Crippen molar-refractivity contribution in [3.63, 3.8) is 0 Å². The van der Waals surface area contributed by atoms with Crippen LogP contribution in [0.4, 0.5) is 8.78 Å². The highest BCUT2D eigenvalue weighted by Crippen LogP contribution is 2.19. The van der Waals surface area contributed by atoms with Crippen molar-refractivity contribution in [1.29, 1.82) is 0 Å². The number of primary amides is 1. The van der Waals surface area contributed by atoms with E-state index in [4.69, 9.17) is 45.0 Å². The number of carbonyl (C=O) groups is 2. The molecule has 1 heterocycles. The minimum Gasteiger partial charge on any atom is -0.444 e. The van der Waals surface area contributed by atoms with Gasteiger partial charge in [-0.2, -0.15) is 0 Å². The number of rotatable bonds is 5. The largest absolute Gasteiger partial charge is 0.444 e. The average molecular weight is 494 g/mol. The van der Waals surface area contributed by atoms with E-state index in [0.29, 0.717) is 23.0 Å². The van der Waals surface area contributed by atoms with Crippen LogP contribution in [0.5, 0.6) is 0 Å². The van der Waals surface area contributed by atoms with Gasteiger partial charge in [-0.25, -0.2) is 13.8 Å². The SMILES string of the molecule is C.Fc1cccc(-c2nc(CCl)co2)c1.NC(=O)c1cccc(F)c1.O=C(CCl)CCl. The molecule has 0 spiro atoms. The zero-order valence-electron chi connectivity index (χ0n) is 15.5. The minimum absolute atomic E-state index is 0. The number of hydrogen-bond donors (Lipinski definition) is 1. The Labute approximate surface area is 194 Å². The molecule has 2 N–H and O–H groups in total. The van der Waals surface area contributed by atoms with E-state index in [1.807, 2.05) is 0 Å². The molecule has 0 aliphatic rings. The number of benzene rings is 2. The minimum atomic E-state index is -0.612. The van der Waals surface area contributed by atoms with Crippen molar-refractivity contribution in [2.24, 2.45) is 5.73 Å². The topological polar surface area (TPSA) is 86.2 Å². The summed E-state index contributed by atoms with van der Waals surface area (Å²) in [5, 5.41) is 0. The molecular formula is C21H21Cl3F2N2O3. The van der Waals surface area contributed by atoms with Crippen molar-refractivity contribution in [3.8, 4) is 11.5 Å². The highest BCUT2D eigenvalue weighted by Gasteiger charge is 2.06. The van der Waals surface area contributed by atoms with Crippen molar-refractivity contribution in [1.82, 2.24) is 4.98 Å². The maximum absolute atomic E-state index is 12.8. The van der Waals surface area contributed by atoms with Crippen molar-refractivity contribution in [2.45, 2.75) is 13.3 Å². The van der Waals surface area contributed by atoms with Gasteiger partial charge in [0.25, 0.3) is 0 Å². The molecule has 0 unspecified atom stereocenters. The lowest BCUT2D eigenvalue weighted by Gasteiger charge is -1.93. The van der Waals surface area contributed by atoms with Crippen LogP contribution in [0.1, 0.15) is 23.5 Å². The molecule has 168 valence electrons. The number of ketones is 1. The van der Waals surface area contributed by atoms with Crippen molar-refractivity contribution >= 4 is 46.5 Å². The van der Waals surface area contributed by atoms with Crippen LogP contribution in [0.15, 0.2) is 59.2 Å². The summed E-state index contributed by atoms with van der Waals surface area (Å²) < 4.78 is 30.3. The van der Waals surface area contributed by atoms with E-state index in [-0.39, 0.29) is 36.4 Å². The fourth-order valence-electron chi connectivity index (χ4n) is 1.80. The molecule has 10 heteroatoms. The van der Waals surface area contributed by atoms with Crippen LogP contribution in [0, 0.1) is 11.6 Å². The Morgan fingerprint density at radius 3 is 1.94 bits per heavy atom. The van der Waals surface area contributed by atoms with Crippen LogP contribution in [0.3, 0.4) is 0 Å². The number of amides is 1. The number of aromatic nitrogens is 1. The van der Waals surface area contributed by atoms with Gasteiger partial charge in [0.2, 0.25) is 11.8 Å². The molecule has 1 amide bonds. The van der Waals surface area contributed by atoms with Gasteiger partial charge in [0.05, 0.1) is 23.3 Å². The summed E-state index contributed by atoms with van der Waals surface area (Å²) in [4.78, 5) is 24.4. The predicted molar refractivity (Wildman–Crippen MR) is 120 cm³/mol. The summed E-state index contributed by atoms with van der Waals surface area (Å²) in [6.45, 7) is 0. The zero-order chi connectivity index (χ0) is 22.5. The molecule has 0 aliphatic heterocycles. The Hall–Kier alpha value is -2.48. The van der Waals surface area contributed by atoms with Crippen molar-refractivity contribution in [3.05, 3.63) is 77.7 Å². The van der Waals surface area contributed by atoms with E-state index in [9.17, 15) is 18.4 Å². The third-order valence-corrected chi connectivity index (χ3v) is 4.04. The molecule has 0 aliphatic carbocycles. The van der Waals surface area contributed by atoms with Gasteiger partial charge in [0.15, 0.2) is 5.78 Å². The molecule has 0 saturated heterocycles. The first-order chi connectivity index (χ1) is 14.3. The summed E-state index contributed by atoms with van der Waals surface area (Å²) in [6, 6.07) is 11.3. The van der Waals surface area contributed by atoms with Crippen LogP contribution < -0.4 is 5.73 Å². The number of hydrogen-bond acceptors (Lipinski definition) is 4. The number of oxazole rings is 1. The normalized spacial score (nSPS) is 9.32. The summed E-state index contributed by atoms with van der Waals surface area (Å²) in [6.07, 6.45) is 1.47. The lowest BCUT2D eigenvalue weighted by Crippen LogP contribution is -2.10. The molecule has 1 aromatic heterocycles. The maximum Gasteiger partial charge on any atom is 0.248 e. The molecule has 0 atom stereocenters. The van der Waals surface area contributed by atoms with Gasteiger partial charge in [0.1, 0.15) is 17.9 Å². The summed E-state index contributed by atoms with van der Waals surface area (Å²) in [7, 11) is 0. The fourth-order valence-corrected chi connectivity index (χ4v) is 2.21. The molecule has 0 radical (unpaired) electrons. The van der Waals surface area contributed by atoms with Gasteiger partial charge < -0.3 is 10.2 Å². The summed E-state index contributed by atoms with van der Waals surface area (Å²) >= 11 is 15.6. The Morgan fingerprint density at radius 2 is 1.55 bits per heavy atom. The van der Waals surface area contributed by atoms with Gasteiger partial charge in [0, 0.05) is 11.1 Å². The second kappa shape index (κ2) is 15.3. The number of alkyl halides is 3. The predicted octanol–water partition coefficient (Wildman–Crippen LogP) is 5.81. The van der Waals surface area contributed by atoms with Crippen LogP contribution >= 0.6 is 34.8 Å². The summed E-state index contributed by atoms with van der Waals surface area (Å²) in [5.41, 5.74) is 6.33. The Bertz CT molecular complexity index is 962. The molecule has 0 fully saturated rings. The van der Waals surface area contributed by atoms with Crippen LogP contribution in [0.2, 0.25) is 0 Å². The molecular weight excluding hydrogens is 473 g/mol. The Balaban J connectivity index is 0.000000468. The standard InChI is InChI=1S/C10H7ClFNO.C7H6FNO.C3H4Cl2O.CH4/c11-5-9-6-14-10(13-9)7-2-1-3-8(12)4-7;8-6-3-1-2-5(4-6)7(9)10;4-1-3(6)2-5;/h1-4,6H,5H2;1-4H,(H2,9,10);1-2H2;1H4. The summed E-state index contributed by atoms with van der Waals surface area (Å²) in [5.74, 6) is -0.756.